The summed E-state index contributed by atoms with van der Waals surface area (Å²) >= 11 is 4.83. The number of thiocarbonyl (C=S) groups is 1. The average molecular weight is 322 g/mol. The first-order valence-corrected chi connectivity index (χ1v) is 7.88. The molecule has 21 heavy (non-hydrogen) atoms. The maximum absolute atomic E-state index is 12.2. The van der Waals surface area contributed by atoms with Crippen LogP contribution in [0.25, 0.3) is 0 Å². The van der Waals surface area contributed by atoms with E-state index in [4.69, 9.17) is 22.7 Å². The Morgan fingerprint density at radius 2 is 1.67 bits per heavy atom. The predicted molar refractivity (Wildman–Crippen MR) is 86.1 cm³/mol. The zero-order valence-electron chi connectivity index (χ0n) is 11.2. The summed E-state index contributed by atoms with van der Waals surface area (Å²) in [4.78, 5) is 0.361. The van der Waals surface area contributed by atoms with Crippen molar-refractivity contribution in [2.45, 2.75) is 4.90 Å². The van der Waals surface area contributed by atoms with Crippen LogP contribution in [0.2, 0.25) is 0 Å². The Labute approximate surface area is 128 Å². The van der Waals surface area contributed by atoms with Gasteiger partial charge in [0, 0.05) is 11.3 Å². The molecule has 0 bridgehead atoms. The van der Waals surface area contributed by atoms with Crippen LogP contribution in [0.4, 0.5) is 5.69 Å². The number of benzene rings is 2. The molecule has 7 heteroatoms. The van der Waals surface area contributed by atoms with Crippen LogP contribution in [-0.4, -0.2) is 20.5 Å². The van der Waals surface area contributed by atoms with Crippen LogP contribution in [0, 0.1) is 0 Å². The maximum Gasteiger partial charge on any atom is 0.261 e. The molecule has 2 rings (SSSR count). The third-order valence-corrected chi connectivity index (χ3v) is 4.42. The van der Waals surface area contributed by atoms with Gasteiger partial charge < -0.3 is 10.5 Å². The maximum atomic E-state index is 12.2. The molecule has 2 aromatic carbocycles. The Hall–Kier alpha value is -2.12. The fourth-order valence-electron chi connectivity index (χ4n) is 1.67. The molecule has 0 aliphatic rings. The first-order chi connectivity index (χ1) is 9.92. The summed E-state index contributed by atoms with van der Waals surface area (Å²) in [6.07, 6.45) is 0. The van der Waals surface area contributed by atoms with Crippen LogP contribution < -0.4 is 15.2 Å². The standard InChI is InChI=1S/C14H14N2O3S2/c1-19-12-6-4-11(5-7-12)16-21(17,18)13-8-2-10(3-9-13)14(15)20/h2-9,16H,1H3,(H2,15,20). The number of hydrogen-bond donors (Lipinski definition) is 2. The minimum absolute atomic E-state index is 0.137. The van der Waals surface area contributed by atoms with Crippen molar-refractivity contribution in [2.24, 2.45) is 5.73 Å². The first kappa shape index (κ1) is 15.3. The molecule has 110 valence electrons. The fraction of sp³-hybridized carbons (Fsp3) is 0.0714. The molecule has 2 aromatic rings. The van der Waals surface area contributed by atoms with Gasteiger partial charge in [-0.1, -0.05) is 24.4 Å². The van der Waals surface area contributed by atoms with Gasteiger partial charge in [-0.25, -0.2) is 8.42 Å². The van der Waals surface area contributed by atoms with Gasteiger partial charge in [-0.2, -0.15) is 0 Å². The molecular formula is C14H14N2O3S2. The van der Waals surface area contributed by atoms with Crippen molar-refractivity contribution in [3.8, 4) is 5.75 Å². The summed E-state index contributed by atoms with van der Waals surface area (Å²) in [5.41, 5.74) is 6.55. The number of hydrogen-bond acceptors (Lipinski definition) is 4. The van der Waals surface area contributed by atoms with E-state index in [1.807, 2.05) is 0 Å². The van der Waals surface area contributed by atoms with Crippen molar-refractivity contribution in [3.63, 3.8) is 0 Å². The Bertz CT molecular complexity index is 739. The van der Waals surface area contributed by atoms with E-state index in [9.17, 15) is 8.42 Å². The second-order valence-electron chi connectivity index (χ2n) is 4.22. The van der Waals surface area contributed by atoms with Gasteiger partial charge in [0.05, 0.1) is 12.0 Å². The Morgan fingerprint density at radius 1 is 1.10 bits per heavy atom. The van der Waals surface area contributed by atoms with Crippen molar-refractivity contribution >= 4 is 32.9 Å². The average Bonchev–Trinajstić information content (AvgIpc) is 2.48. The van der Waals surface area contributed by atoms with E-state index in [0.29, 0.717) is 17.0 Å². The van der Waals surface area contributed by atoms with Crippen molar-refractivity contribution in [2.75, 3.05) is 11.8 Å². The van der Waals surface area contributed by atoms with Gasteiger partial charge in [0.1, 0.15) is 10.7 Å². The quantitative estimate of drug-likeness (QED) is 0.824. The van der Waals surface area contributed by atoms with Gasteiger partial charge in [-0.15, -0.1) is 0 Å². The van der Waals surface area contributed by atoms with Crippen molar-refractivity contribution in [1.29, 1.82) is 0 Å². The third kappa shape index (κ3) is 3.71. The lowest BCUT2D eigenvalue weighted by atomic mass is 10.2. The van der Waals surface area contributed by atoms with E-state index in [0.717, 1.165) is 0 Å². The zero-order chi connectivity index (χ0) is 15.5. The Balaban J connectivity index is 2.22. The van der Waals surface area contributed by atoms with E-state index < -0.39 is 10.0 Å². The van der Waals surface area contributed by atoms with Gasteiger partial charge in [-0.3, -0.25) is 4.72 Å². The molecule has 0 amide bonds. The molecule has 0 fully saturated rings. The molecule has 0 heterocycles. The molecule has 0 radical (unpaired) electrons. The molecule has 0 aliphatic carbocycles. The van der Waals surface area contributed by atoms with E-state index in [-0.39, 0.29) is 9.88 Å². The van der Waals surface area contributed by atoms with E-state index in [1.165, 1.54) is 12.1 Å². The highest BCUT2D eigenvalue weighted by Crippen LogP contribution is 2.19. The smallest absolute Gasteiger partial charge is 0.261 e. The number of nitrogens with one attached hydrogen (secondary N) is 1. The highest BCUT2D eigenvalue weighted by atomic mass is 32.2. The zero-order valence-corrected chi connectivity index (χ0v) is 12.9. The molecule has 0 aliphatic heterocycles. The molecular weight excluding hydrogens is 308 g/mol. The summed E-state index contributed by atoms with van der Waals surface area (Å²) in [6.45, 7) is 0. The molecule has 0 spiro atoms. The molecule has 0 saturated carbocycles. The van der Waals surface area contributed by atoms with Gasteiger partial charge in [0.2, 0.25) is 0 Å². The van der Waals surface area contributed by atoms with Crippen LogP contribution in [0.15, 0.2) is 53.4 Å². The second kappa shape index (κ2) is 6.11. The summed E-state index contributed by atoms with van der Waals surface area (Å²) in [7, 11) is -2.11. The first-order valence-electron chi connectivity index (χ1n) is 5.99. The number of ether oxygens (including phenoxy) is 1. The van der Waals surface area contributed by atoms with E-state index in [1.54, 1.807) is 43.5 Å². The molecule has 0 atom stereocenters. The second-order valence-corrected chi connectivity index (χ2v) is 6.34. The Morgan fingerprint density at radius 3 is 2.14 bits per heavy atom. The fourth-order valence-corrected chi connectivity index (χ4v) is 2.87. The van der Waals surface area contributed by atoms with Crippen LogP contribution in [-0.2, 0) is 10.0 Å². The topological polar surface area (TPSA) is 81.4 Å². The molecule has 0 unspecified atom stereocenters. The lowest BCUT2D eigenvalue weighted by Gasteiger charge is -2.09. The lowest BCUT2D eigenvalue weighted by Crippen LogP contribution is -2.14. The SMILES string of the molecule is COc1ccc(NS(=O)(=O)c2ccc(C(N)=S)cc2)cc1. The number of nitrogens with two attached hydrogens (primary N) is 1. The molecule has 0 aromatic heterocycles. The summed E-state index contributed by atoms with van der Waals surface area (Å²) in [5.74, 6) is 0.652. The van der Waals surface area contributed by atoms with Gasteiger partial charge in [0.15, 0.2) is 0 Å². The number of rotatable bonds is 5. The largest absolute Gasteiger partial charge is 0.497 e. The predicted octanol–water partition coefficient (Wildman–Crippen LogP) is 2.13. The van der Waals surface area contributed by atoms with E-state index >= 15 is 0 Å². The summed E-state index contributed by atoms with van der Waals surface area (Å²) in [6, 6.07) is 12.7. The summed E-state index contributed by atoms with van der Waals surface area (Å²) < 4.78 is 32.0. The van der Waals surface area contributed by atoms with Gasteiger partial charge in [-0.05, 0) is 36.4 Å². The monoisotopic (exact) mass is 322 g/mol. The molecule has 0 saturated heterocycles. The van der Waals surface area contributed by atoms with Crippen molar-refractivity contribution < 1.29 is 13.2 Å². The molecule has 3 N–H and O–H groups in total. The number of sulfonamides is 1. The molecule has 5 nitrogen and oxygen atoms in total. The van der Waals surface area contributed by atoms with Crippen molar-refractivity contribution in [3.05, 3.63) is 54.1 Å². The number of anilines is 1. The minimum Gasteiger partial charge on any atom is -0.497 e. The highest BCUT2D eigenvalue weighted by Gasteiger charge is 2.14. The van der Waals surface area contributed by atoms with Gasteiger partial charge >= 0.3 is 0 Å². The Kier molecular flexibility index (Phi) is 4.44. The van der Waals surface area contributed by atoms with Crippen LogP contribution in [0.1, 0.15) is 5.56 Å². The number of methoxy groups -OCH3 is 1. The summed E-state index contributed by atoms with van der Waals surface area (Å²) in [5, 5.41) is 0. The minimum atomic E-state index is -3.65. The van der Waals surface area contributed by atoms with Gasteiger partial charge in [0.25, 0.3) is 10.0 Å². The highest BCUT2D eigenvalue weighted by molar-refractivity contribution is 7.92. The normalized spacial score (nSPS) is 10.9. The van der Waals surface area contributed by atoms with E-state index in [2.05, 4.69) is 4.72 Å². The van der Waals surface area contributed by atoms with Crippen LogP contribution in [0.5, 0.6) is 5.75 Å². The lowest BCUT2D eigenvalue weighted by molar-refractivity contribution is 0.415. The van der Waals surface area contributed by atoms with Crippen LogP contribution >= 0.6 is 12.2 Å². The van der Waals surface area contributed by atoms with Crippen LogP contribution in [0.3, 0.4) is 0 Å². The third-order valence-electron chi connectivity index (χ3n) is 2.79. The van der Waals surface area contributed by atoms with Crippen molar-refractivity contribution in [1.82, 2.24) is 0 Å².